The molecule has 0 bridgehead atoms. The van der Waals surface area contributed by atoms with Crippen LogP contribution in [0.1, 0.15) is 20.3 Å². The zero-order chi connectivity index (χ0) is 17.7. The average molecular weight is 371 g/mol. The largest absolute Gasteiger partial charge is 0.452 e. The number of sulfone groups is 1. The fraction of sp³-hybridized carbons (Fsp3) is 0.500. The molecular weight excluding hydrogens is 350 g/mol. The molecule has 0 spiro atoms. The molecule has 6 nitrogen and oxygen atoms in total. The lowest BCUT2D eigenvalue weighted by molar-refractivity contribution is -0.154. The monoisotopic (exact) mass is 371 g/mol. The van der Waals surface area contributed by atoms with Gasteiger partial charge in [-0.3, -0.25) is 9.59 Å². The Labute approximate surface area is 146 Å². The highest BCUT2D eigenvalue weighted by Crippen LogP contribution is 2.23. The maximum absolute atomic E-state index is 12.1. The summed E-state index contributed by atoms with van der Waals surface area (Å²) in [6.07, 6.45) is -0.561. The van der Waals surface area contributed by atoms with Crippen LogP contribution in [-0.4, -0.2) is 49.2 Å². The predicted molar refractivity (Wildman–Crippen MR) is 92.5 cm³/mol. The van der Waals surface area contributed by atoms with E-state index >= 15 is 0 Å². The number of thioether (sulfide) groups is 1. The molecule has 0 saturated carbocycles. The van der Waals surface area contributed by atoms with E-state index in [1.165, 1.54) is 18.7 Å². The van der Waals surface area contributed by atoms with Crippen LogP contribution in [0.3, 0.4) is 0 Å². The van der Waals surface area contributed by atoms with E-state index in [-0.39, 0.29) is 11.5 Å². The zero-order valence-corrected chi connectivity index (χ0v) is 15.2. The molecule has 132 valence electrons. The highest BCUT2D eigenvalue weighted by molar-refractivity contribution is 8.00. The zero-order valence-electron chi connectivity index (χ0n) is 13.6. The molecule has 8 heteroatoms. The molecule has 2 rings (SSSR count). The molecule has 1 fully saturated rings. The molecule has 1 aromatic carbocycles. The fourth-order valence-corrected chi connectivity index (χ4v) is 4.85. The maximum atomic E-state index is 12.1. The number of nitrogens with one attached hydrogen (secondary N) is 1. The van der Waals surface area contributed by atoms with Gasteiger partial charge >= 0.3 is 5.97 Å². The van der Waals surface area contributed by atoms with E-state index in [0.717, 1.165) is 4.90 Å². The number of carbonyl (C=O) groups is 2. The van der Waals surface area contributed by atoms with Gasteiger partial charge < -0.3 is 10.1 Å². The molecule has 0 aromatic heterocycles. The summed E-state index contributed by atoms with van der Waals surface area (Å²) in [5, 5.41) is 2.18. The average Bonchev–Trinajstić information content (AvgIpc) is 2.86. The van der Waals surface area contributed by atoms with Crippen LogP contribution in [0.25, 0.3) is 0 Å². The Morgan fingerprint density at radius 3 is 2.50 bits per heavy atom. The molecular formula is C16H21NO5S2. The van der Waals surface area contributed by atoms with Crippen LogP contribution in [0.15, 0.2) is 35.2 Å². The topological polar surface area (TPSA) is 89.5 Å². The number of hydrogen-bond acceptors (Lipinski definition) is 6. The number of carbonyl (C=O) groups excluding carboxylic acids is 2. The number of esters is 1. The second-order valence-corrected chi connectivity index (χ2v) is 9.40. The van der Waals surface area contributed by atoms with E-state index in [4.69, 9.17) is 4.74 Å². The third kappa shape index (κ3) is 5.52. The number of benzene rings is 1. The van der Waals surface area contributed by atoms with Crippen LogP contribution >= 0.6 is 11.8 Å². The Bertz CT molecular complexity index is 690. The van der Waals surface area contributed by atoms with Gasteiger partial charge in [-0.15, -0.1) is 11.8 Å². The number of rotatable bonds is 6. The molecule has 1 aliphatic heterocycles. The van der Waals surface area contributed by atoms with E-state index in [1.807, 2.05) is 30.3 Å². The molecule has 1 heterocycles. The van der Waals surface area contributed by atoms with Gasteiger partial charge in [0.05, 0.1) is 11.5 Å². The van der Waals surface area contributed by atoms with Crippen LogP contribution < -0.4 is 5.32 Å². The quantitative estimate of drug-likeness (QED) is 0.601. The number of ether oxygens (including phenoxy) is 1. The second-order valence-electron chi connectivity index (χ2n) is 5.76. The van der Waals surface area contributed by atoms with E-state index in [2.05, 4.69) is 5.32 Å². The third-order valence-electron chi connectivity index (χ3n) is 3.63. The van der Waals surface area contributed by atoms with Crippen molar-refractivity contribution in [3.63, 3.8) is 0 Å². The van der Waals surface area contributed by atoms with Gasteiger partial charge in [-0.1, -0.05) is 18.2 Å². The molecule has 24 heavy (non-hydrogen) atoms. The van der Waals surface area contributed by atoms with Gasteiger partial charge in [0.15, 0.2) is 15.9 Å². The van der Waals surface area contributed by atoms with E-state index in [1.54, 1.807) is 6.92 Å². The Morgan fingerprint density at radius 1 is 1.25 bits per heavy atom. The normalized spacial score (nSPS) is 21.7. The summed E-state index contributed by atoms with van der Waals surface area (Å²) < 4.78 is 28.0. The molecule has 0 unspecified atom stereocenters. The molecule has 0 aliphatic carbocycles. The van der Waals surface area contributed by atoms with Crippen molar-refractivity contribution < 1.29 is 22.7 Å². The van der Waals surface area contributed by atoms with Crippen molar-refractivity contribution in [1.82, 2.24) is 5.32 Å². The third-order valence-corrected chi connectivity index (χ3v) is 6.49. The summed E-state index contributed by atoms with van der Waals surface area (Å²) in [4.78, 5) is 25.1. The smallest absolute Gasteiger partial charge is 0.319 e. The van der Waals surface area contributed by atoms with Crippen LogP contribution in [0, 0.1) is 0 Å². The van der Waals surface area contributed by atoms with Gasteiger partial charge in [0.25, 0.3) is 5.91 Å². The van der Waals surface area contributed by atoms with E-state index in [0.29, 0.717) is 6.42 Å². The van der Waals surface area contributed by atoms with Crippen LogP contribution in [-0.2, 0) is 24.2 Å². The van der Waals surface area contributed by atoms with Gasteiger partial charge in [-0.2, -0.15) is 0 Å². The Morgan fingerprint density at radius 2 is 1.92 bits per heavy atom. The first-order valence-electron chi connectivity index (χ1n) is 7.70. The first kappa shape index (κ1) is 18.8. The molecule has 1 amide bonds. The molecule has 1 N–H and O–H groups in total. The van der Waals surface area contributed by atoms with Gasteiger partial charge in [0.2, 0.25) is 0 Å². The lowest BCUT2D eigenvalue weighted by Crippen LogP contribution is -2.43. The fourth-order valence-electron chi connectivity index (χ4n) is 2.30. The van der Waals surface area contributed by atoms with Crippen LogP contribution in [0.4, 0.5) is 0 Å². The summed E-state index contributed by atoms with van der Waals surface area (Å²) in [5.74, 6) is -0.927. The minimum absolute atomic E-state index is 0.0559. The summed E-state index contributed by atoms with van der Waals surface area (Å²) in [6, 6.07) is 9.04. The number of hydrogen-bond donors (Lipinski definition) is 1. The minimum Gasteiger partial charge on any atom is -0.452 e. The molecule has 1 aromatic rings. The lowest BCUT2D eigenvalue weighted by atomic mass is 10.2. The summed E-state index contributed by atoms with van der Waals surface area (Å²) in [6.45, 7) is 3.20. The van der Waals surface area contributed by atoms with Gasteiger partial charge in [0.1, 0.15) is 5.25 Å². The Balaban J connectivity index is 1.81. The summed E-state index contributed by atoms with van der Waals surface area (Å²) in [7, 11) is -3.06. The van der Waals surface area contributed by atoms with Crippen molar-refractivity contribution >= 4 is 33.5 Å². The Kier molecular flexibility index (Phi) is 6.28. The highest BCUT2D eigenvalue weighted by Gasteiger charge is 2.31. The standard InChI is InChI=1S/C16H21NO5S2/c1-11(15(18)17-13-8-9-24(20,21)10-13)22-16(19)12(2)23-14-6-4-3-5-7-14/h3-7,11-13H,8-10H2,1-2H3,(H,17,18)/t11-,12+,13-/m0/s1. The van der Waals surface area contributed by atoms with Crippen LogP contribution in [0.5, 0.6) is 0 Å². The maximum Gasteiger partial charge on any atom is 0.319 e. The Hall–Kier alpha value is -1.54. The van der Waals surface area contributed by atoms with Crippen molar-refractivity contribution in [2.24, 2.45) is 0 Å². The van der Waals surface area contributed by atoms with Crippen molar-refractivity contribution in [2.75, 3.05) is 11.5 Å². The van der Waals surface area contributed by atoms with Crippen molar-refractivity contribution in [2.45, 2.75) is 42.6 Å². The number of amides is 1. The SMILES string of the molecule is C[C@H](OC(=O)[C@@H](C)Sc1ccccc1)C(=O)N[C@H]1CCS(=O)(=O)C1. The minimum atomic E-state index is -3.06. The van der Waals surface area contributed by atoms with Crippen LogP contribution in [0.2, 0.25) is 0 Å². The first-order valence-corrected chi connectivity index (χ1v) is 10.4. The van der Waals surface area contributed by atoms with Gasteiger partial charge in [-0.25, -0.2) is 8.42 Å². The molecule has 1 aliphatic rings. The lowest BCUT2D eigenvalue weighted by Gasteiger charge is -2.18. The summed E-state index contributed by atoms with van der Waals surface area (Å²) in [5.41, 5.74) is 0. The second kappa shape index (κ2) is 8.02. The highest BCUT2D eigenvalue weighted by atomic mass is 32.2. The van der Waals surface area contributed by atoms with Crippen molar-refractivity contribution in [3.05, 3.63) is 30.3 Å². The van der Waals surface area contributed by atoms with E-state index in [9.17, 15) is 18.0 Å². The van der Waals surface area contributed by atoms with Crippen molar-refractivity contribution in [1.29, 1.82) is 0 Å². The molecule has 3 atom stereocenters. The summed E-state index contributed by atoms with van der Waals surface area (Å²) >= 11 is 1.35. The first-order chi connectivity index (χ1) is 11.3. The molecule has 1 saturated heterocycles. The van der Waals surface area contributed by atoms with E-state index < -0.39 is 39.1 Å². The molecule has 0 radical (unpaired) electrons. The van der Waals surface area contributed by atoms with Gasteiger partial charge in [-0.05, 0) is 32.4 Å². The van der Waals surface area contributed by atoms with Crippen molar-refractivity contribution in [3.8, 4) is 0 Å². The van der Waals surface area contributed by atoms with Gasteiger partial charge in [0, 0.05) is 10.9 Å². The predicted octanol–water partition coefficient (Wildman–Crippen LogP) is 1.40.